The highest BCUT2D eigenvalue weighted by Crippen LogP contribution is 2.51. The summed E-state index contributed by atoms with van der Waals surface area (Å²) in [5, 5.41) is 8.05. The van der Waals surface area contributed by atoms with Gasteiger partial charge in [-0.2, -0.15) is 23.3 Å². The van der Waals surface area contributed by atoms with Crippen LogP contribution in [0.15, 0.2) is 71.7 Å². The lowest BCUT2D eigenvalue weighted by Gasteiger charge is -2.45. The predicted octanol–water partition coefficient (Wildman–Crippen LogP) is 5.56. The maximum Gasteiger partial charge on any atom is 0.333 e. The highest BCUT2D eigenvalue weighted by Gasteiger charge is 2.51. The standard InChI is InChI=1S/C31H29F3N6O3S/c1-38(44(42,43)26-17-36-39(18-26)30(33)34)25-8-5-22-12-28-21(16-37-40(28)24-9-6-23(32)7-10-24)13-31(22,14-25)29(41)27-11-4-20(15-35-27)19-2-3-19/h4,6-7,9-12,15-19,25,30H,2-3,5,8,13-14H2,1H3/t25-,31-/m0/s1. The summed E-state index contributed by atoms with van der Waals surface area (Å²) in [6.45, 7) is -2.97. The minimum atomic E-state index is -4.19. The van der Waals surface area contributed by atoms with Crippen molar-refractivity contribution in [2.45, 2.75) is 61.9 Å². The molecule has 1 aromatic carbocycles. The van der Waals surface area contributed by atoms with Crippen molar-refractivity contribution in [2.75, 3.05) is 7.05 Å². The fraction of sp³-hybridized carbons (Fsp3) is 0.355. The number of hydrogen-bond donors (Lipinski definition) is 0. The van der Waals surface area contributed by atoms with Crippen LogP contribution in [-0.4, -0.2) is 56.1 Å². The van der Waals surface area contributed by atoms with Crippen molar-refractivity contribution in [3.05, 3.63) is 95.1 Å². The predicted molar refractivity (Wildman–Crippen MR) is 154 cm³/mol. The Hall–Kier alpha value is -4.10. The van der Waals surface area contributed by atoms with Crippen LogP contribution in [0.5, 0.6) is 0 Å². The summed E-state index contributed by atoms with van der Waals surface area (Å²) in [5.74, 6) is -0.0913. The van der Waals surface area contributed by atoms with E-state index in [1.54, 1.807) is 35.3 Å². The van der Waals surface area contributed by atoms with Crippen molar-refractivity contribution >= 4 is 21.9 Å². The largest absolute Gasteiger partial charge is 0.333 e. The van der Waals surface area contributed by atoms with Crippen molar-refractivity contribution in [3.8, 4) is 5.69 Å². The number of ketones is 1. The Morgan fingerprint density at radius 2 is 1.82 bits per heavy atom. The maximum atomic E-state index is 14.5. The van der Waals surface area contributed by atoms with Crippen LogP contribution in [0.25, 0.3) is 11.8 Å². The van der Waals surface area contributed by atoms with Gasteiger partial charge in [0, 0.05) is 19.3 Å². The van der Waals surface area contributed by atoms with Crippen LogP contribution >= 0.6 is 0 Å². The Balaban J connectivity index is 1.27. The van der Waals surface area contributed by atoms with Gasteiger partial charge in [-0.05, 0) is 92.0 Å². The molecular formula is C31H29F3N6O3S. The van der Waals surface area contributed by atoms with Gasteiger partial charge in [-0.25, -0.2) is 22.2 Å². The molecule has 0 amide bonds. The third-order valence-corrected chi connectivity index (χ3v) is 11.0. The zero-order chi connectivity index (χ0) is 30.8. The molecule has 0 bridgehead atoms. The Morgan fingerprint density at radius 1 is 1.05 bits per heavy atom. The molecule has 3 aliphatic rings. The molecule has 0 spiro atoms. The Morgan fingerprint density at radius 3 is 2.48 bits per heavy atom. The van der Waals surface area contributed by atoms with Crippen LogP contribution in [0.1, 0.15) is 71.9 Å². The number of allylic oxidation sites excluding steroid dienone is 1. The summed E-state index contributed by atoms with van der Waals surface area (Å²) in [5.41, 5.74) is 3.40. The molecule has 3 aliphatic carbocycles. The number of alkyl halides is 2. The third-order valence-electron chi connectivity index (χ3n) is 9.18. The third kappa shape index (κ3) is 4.78. The second-order valence-electron chi connectivity index (χ2n) is 11.8. The van der Waals surface area contributed by atoms with Gasteiger partial charge in [0.25, 0.3) is 0 Å². The highest BCUT2D eigenvalue weighted by atomic mass is 32.2. The number of carbonyl (C=O) groups excluding carboxylic acids is 1. The van der Waals surface area contributed by atoms with E-state index in [0.29, 0.717) is 34.8 Å². The van der Waals surface area contributed by atoms with E-state index < -0.39 is 28.0 Å². The molecule has 0 aliphatic heterocycles. The van der Waals surface area contributed by atoms with E-state index in [0.717, 1.165) is 47.6 Å². The topological polar surface area (TPSA) is 103 Å². The Labute approximate surface area is 252 Å². The molecule has 7 rings (SSSR count). The van der Waals surface area contributed by atoms with E-state index in [1.165, 1.54) is 23.5 Å². The number of carbonyl (C=O) groups is 1. The molecule has 2 atom stereocenters. The van der Waals surface area contributed by atoms with Gasteiger partial charge in [0.15, 0.2) is 5.78 Å². The first-order valence-corrected chi connectivity index (χ1v) is 15.9. The minimum Gasteiger partial charge on any atom is -0.291 e. The highest BCUT2D eigenvalue weighted by molar-refractivity contribution is 7.89. The van der Waals surface area contributed by atoms with Crippen LogP contribution in [0.3, 0.4) is 0 Å². The zero-order valence-corrected chi connectivity index (χ0v) is 24.6. The van der Waals surface area contributed by atoms with Crippen LogP contribution in [0.2, 0.25) is 0 Å². The Bertz CT molecular complexity index is 1880. The minimum absolute atomic E-state index is 0.170. The summed E-state index contributed by atoms with van der Waals surface area (Å²) < 4.78 is 70.2. The van der Waals surface area contributed by atoms with Gasteiger partial charge < -0.3 is 0 Å². The number of hydrogen-bond acceptors (Lipinski definition) is 6. The molecule has 0 saturated heterocycles. The summed E-state index contributed by atoms with van der Waals surface area (Å²) in [4.78, 5) is 18.7. The summed E-state index contributed by atoms with van der Waals surface area (Å²) in [6, 6.07) is 9.07. The fourth-order valence-electron chi connectivity index (χ4n) is 6.55. The summed E-state index contributed by atoms with van der Waals surface area (Å²) >= 11 is 0. The van der Waals surface area contributed by atoms with E-state index in [1.807, 2.05) is 12.1 Å². The first-order valence-electron chi connectivity index (χ1n) is 14.4. The molecule has 228 valence electrons. The molecule has 0 N–H and O–H groups in total. The number of sulfonamides is 1. The monoisotopic (exact) mass is 622 g/mol. The number of pyridine rings is 1. The van der Waals surface area contributed by atoms with E-state index in [9.17, 15) is 26.4 Å². The lowest BCUT2D eigenvalue weighted by Crippen LogP contribution is -2.49. The van der Waals surface area contributed by atoms with Crippen molar-refractivity contribution in [1.29, 1.82) is 0 Å². The van der Waals surface area contributed by atoms with Gasteiger partial charge in [0.2, 0.25) is 10.0 Å². The number of nitrogens with zero attached hydrogens (tertiary/aromatic N) is 6. The molecule has 4 aromatic rings. The molecule has 2 fully saturated rings. The van der Waals surface area contributed by atoms with Gasteiger partial charge in [0.1, 0.15) is 16.4 Å². The van der Waals surface area contributed by atoms with Crippen molar-refractivity contribution in [2.24, 2.45) is 5.41 Å². The average Bonchev–Trinajstić information content (AvgIpc) is 3.60. The van der Waals surface area contributed by atoms with Crippen LogP contribution in [0, 0.1) is 11.2 Å². The van der Waals surface area contributed by atoms with Crippen molar-refractivity contribution < 1.29 is 26.4 Å². The molecule has 0 radical (unpaired) electrons. The van der Waals surface area contributed by atoms with Gasteiger partial charge in [-0.3, -0.25) is 9.78 Å². The number of rotatable bonds is 8. The lowest BCUT2D eigenvalue weighted by atomic mass is 9.60. The van der Waals surface area contributed by atoms with E-state index in [-0.39, 0.29) is 29.3 Å². The maximum absolute atomic E-state index is 14.5. The van der Waals surface area contributed by atoms with Crippen molar-refractivity contribution in [1.82, 2.24) is 28.9 Å². The van der Waals surface area contributed by atoms with Gasteiger partial charge in [0.05, 0.1) is 35.4 Å². The van der Waals surface area contributed by atoms with Crippen molar-refractivity contribution in [3.63, 3.8) is 0 Å². The average molecular weight is 623 g/mol. The number of fused-ring (bicyclic) bond motifs is 2. The van der Waals surface area contributed by atoms with Crippen LogP contribution in [-0.2, 0) is 16.4 Å². The zero-order valence-electron chi connectivity index (χ0n) is 23.8. The molecule has 3 heterocycles. The molecule has 13 heteroatoms. The summed E-state index contributed by atoms with van der Waals surface area (Å²) in [7, 11) is -2.77. The first kappa shape index (κ1) is 28.7. The molecule has 2 saturated carbocycles. The van der Waals surface area contributed by atoms with Gasteiger partial charge >= 0.3 is 6.55 Å². The lowest BCUT2D eigenvalue weighted by molar-refractivity contribution is 0.0563. The molecule has 9 nitrogen and oxygen atoms in total. The van der Waals surface area contributed by atoms with Gasteiger partial charge in [-0.1, -0.05) is 11.6 Å². The molecule has 44 heavy (non-hydrogen) atoms. The van der Waals surface area contributed by atoms with Crippen LogP contribution < -0.4 is 0 Å². The molecular weight excluding hydrogens is 593 g/mol. The number of halogens is 3. The quantitative estimate of drug-likeness (QED) is 0.239. The number of benzene rings is 1. The number of Topliss-reactive ketones (excluding diaryl/α,β-unsaturated/α-hetero) is 1. The Kier molecular flexibility index (Phi) is 6.85. The fourth-order valence-corrected chi connectivity index (χ4v) is 7.87. The molecule has 3 aromatic heterocycles. The first-order chi connectivity index (χ1) is 21.1. The van der Waals surface area contributed by atoms with E-state index >= 15 is 0 Å². The second-order valence-corrected chi connectivity index (χ2v) is 13.8. The normalized spacial score (nSPS) is 21.7. The van der Waals surface area contributed by atoms with E-state index in [4.69, 9.17) is 0 Å². The number of aromatic nitrogens is 5. The summed E-state index contributed by atoms with van der Waals surface area (Å²) in [6.07, 6.45) is 10.6. The smallest absolute Gasteiger partial charge is 0.291 e. The van der Waals surface area contributed by atoms with Gasteiger partial charge in [-0.15, -0.1) is 0 Å². The molecule has 0 unspecified atom stereocenters. The SMILES string of the molecule is CN([C@H]1CCC2=Cc3c(cnn3-c3ccc(F)cc3)C[C@]2(C(=O)c2ccc(C3CC3)cn2)C1)S(=O)(=O)c1cnn(C(F)F)c1. The second kappa shape index (κ2) is 10.5. The van der Waals surface area contributed by atoms with Crippen LogP contribution in [0.4, 0.5) is 13.2 Å². The van der Waals surface area contributed by atoms with E-state index in [2.05, 4.69) is 15.2 Å².